The van der Waals surface area contributed by atoms with Crippen LogP contribution in [-0.4, -0.2) is 66.1 Å². The summed E-state index contributed by atoms with van der Waals surface area (Å²) >= 11 is 1.80. The van der Waals surface area contributed by atoms with Crippen LogP contribution in [0.2, 0.25) is 0 Å². The molecule has 0 spiro atoms. The number of hydrogen-bond acceptors (Lipinski definition) is 6. The van der Waals surface area contributed by atoms with Crippen LogP contribution in [0.4, 0.5) is 0 Å². The fourth-order valence-corrected chi connectivity index (χ4v) is 3.85. The number of Topliss-reactive ketones (excluding diaryl/α,β-unsaturated/α-hetero) is 1. The SMILES string of the molecule is CC(=O)c1cccc(OCC(O)CN2CCN(Cc3cccs3)CC2)c1. The first-order valence-corrected chi connectivity index (χ1v) is 9.87. The van der Waals surface area contributed by atoms with Gasteiger partial charge in [0.25, 0.3) is 0 Å². The minimum absolute atomic E-state index is 0.0106. The van der Waals surface area contributed by atoms with Gasteiger partial charge in [0.2, 0.25) is 0 Å². The van der Waals surface area contributed by atoms with Crippen molar-refractivity contribution in [2.45, 2.75) is 19.6 Å². The number of rotatable bonds is 8. The van der Waals surface area contributed by atoms with Crippen molar-refractivity contribution >= 4 is 17.1 Å². The Morgan fingerprint density at radius 1 is 1.19 bits per heavy atom. The van der Waals surface area contributed by atoms with Gasteiger partial charge in [0.05, 0.1) is 0 Å². The molecule has 6 heteroatoms. The highest BCUT2D eigenvalue weighted by Gasteiger charge is 2.19. The third-order valence-electron chi connectivity index (χ3n) is 4.58. The number of carbonyl (C=O) groups excluding carboxylic acids is 1. The number of piperazine rings is 1. The molecule has 1 saturated heterocycles. The molecule has 0 saturated carbocycles. The largest absolute Gasteiger partial charge is 0.491 e. The zero-order valence-electron chi connectivity index (χ0n) is 15.1. The van der Waals surface area contributed by atoms with Crippen molar-refractivity contribution in [2.75, 3.05) is 39.3 Å². The molecule has 0 aliphatic carbocycles. The van der Waals surface area contributed by atoms with Gasteiger partial charge in [-0.2, -0.15) is 0 Å². The van der Waals surface area contributed by atoms with Crippen LogP contribution in [0.25, 0.3) is 0 Å². The Bertz CT molecular complexity index is 697. The number of thiophene rings is 1. The second-order valence-electron chi connectivity index (χ2n) is 6.70. The average Bonchev–Trinajstić information content (AvgIpc) is 3.15. The Hall–Kier alpha value is -1.73. The van der Waals surface area contributed by atoms with Crippen molar-refractivity contribution in [3.63, 3.8) is 0 Å². The lowest BCUT2D eigenvalue weighted by atomic mass is 10.1. The number of aliphatic hydroxyl groups excluding tert-OH is 1. The van der Waals surface area contributed by atoms with Crippen molar-refractivity contribution in [2.24, 2.45) is 0 Å². The van der Waals surface area contributed by atoms with Gasteiger partial charge < -0.3 is 9.84 Å². The van der Waals surface area contributed by atoms with Gasteiger partial charge in [-0.3, -0.25) is 14.6 Å². The lowest BCUT2D eigenvalue weighted by Crippen LogP contribution is -2.48. The fraction of sp³-hybridized carbons (Fsp3) is 0.450. The van der Waals surface area contributed by atoms with Gasteiger partial charge in [0.15, 0.2) is 5.78 Å². The van der Waals surface area contributed by atoms with Crippen molar-refractivity contribution in [1.29, 1.82) is 0 Å². The van der Waals surface area contributed by atoms with E-state index in [0.29, 0.717) is 17.9 Å². The molecule has 3 rings (SSSR count). The van der Waals surface area contributed by atoms with E-state index in [1.165, 1.54) is 11.8 Å². The molecule has 1 aromatic heterocycles. The van der Waals surface area contributed by atoms with Crippen LogP contribution in [0.5, 0.6) is 5.75 Å². The highest BCUT2D eigenvalue weighted by molar-refractivity contribution is 7.09. The van der Waals surface area contributed by atoms with Gasteiger partial charge in [0.1, 0.15) is 18.5 Å². The predicted molar refractivity (Wildman–Crippen MR) is 104 cm³/mol. The predicted octanol–water partition coefficient (Wildman–Crippen LogP) is 2.51. The molecule has 26 heavy (non-hydrogen) atoms. The maximum atomic E-state index is 11.4. The Labute approximate surface area is 158 Å². The molecule has 5 nitrogen and oxygen atoms in total. The Balaban J connectivity index is 1.38. The Morgan fingerprint density at radius 2 is 1.96 bits per heavy atom. The highest BCUT2D eigenvalue weighted by Crippen LogP contribution is 2.15. The standard InChI is InChI=1S/C20H26N2O3S/c1-16(23)17-4-2-5-19(12-17)25-15-18(24)13-21-7-9-22(10-8-21)14-20-6-3-11-26-20/h2-6,11-12,18,24H,7-10,13-15H2,1H3. The van der Waals surface area contributed by atoms with E-state index in [1.807, 2.05) is 6.07 Å². The second kappa shape index (κ2) is 9.28. The van der Waals surface area contributed by atoms with Crippen molar-refractivity contribution in [3.05, 3.63) is 52.2 Å². The number of aliphatic hydroxyl groups is 1. The molecule has 2 heterocycles. The third-order valence-corrected chi connectivity index (χ3v) is 5.44. The monoisotopic (exact) mass is 374 g/mol. The van der Waals surface area contributed by atoms with Crippen molar-refractivity contribution < 1.29 is 14.6 Å². The lowest BCUT2D eigenvalue weighted by Gasteiger charge is -2.35. The summed E-state index contributed by atoms with van der Waals surface area (Å²) in [4.78, 5) is 17.6. The minimum Gasteiger partial charge on any atom is -0.491 e. The molecule has 2 aromatic rings. The first-order chi connectivity index (χ1) is 12.6. The first kappa shape index (κ1) is 19.0. The van der Waals surface area contributed by atoms with Gasteiger partial charge in [-0.1, -0.05) is 18.2 Å². The van der Waals surface area contributed by atoms with Gasteiger partial charge in [-0.05, 0) is 30.5 Å². The second-order valence-corrected chi connectivity index (χ2v) is 7.74. The fourth-order valence-electron chi connectivity index (χ4n) is 3.10. The quantitative estimate of drug-likeness (QED) is 0.720. The molecular weight excluding hydrogens is 348 g/mol. The molecule has 1 atom stereocenters. The molecule has 0 bridgehead atoms. The van der Waals surface area contributed by atoms with E-state index in [1.54, 1.807) is 29.5 Å². The van der Waals surface area contributed by atoms with E-state index < -0.39 is 6.10 Å². The summed E-state index contributed by atoms with van der Waals surface area (Å²) in [6.07, 6.45) is -0.542. The van der Waals surface area contributed by atoms with Crippen LogP contribution in [0, 0.1) is 0 Å². The van der Waals surface area contributed by atoms with Gasteiger partial charge in [0, 0.05) is 49.7 Å². The number of ketones is 1. The van der Waals surface area contributed by atoms with E-state index in [2.05, 4.69) is 27.3 Å². The summed E-state index contributed by atoms with van der Waals surface area (Å²) in [7, 11) is 0. The number of carbonyl (C=O) groups is 1. The maximum absolute atomic E-state index is 11.4. The number of hydrogen-bond donors (Lipinski definition) is 1. The molecule has 1 aliphatic heterocycles. The minimum atomic E-state index is -0.542. The van der Waals surface area contributed by atoms with Crippen LogP contribution in [-0.2, 0) is 6.54 Å². The Kier molecular flexibility index (Phi) is 6.80. The summed E-state index contributed by atoms with van der Waals surface area (Å²) < 4.78 is 5.65. The number of benzene rings is 1. The average molecular weight is 375 g/mol. The van der Waals surface area contributed by atoms with Crippen LogP contribution in [0.1, 0.15) is 22.2 Å². The molecule has 1 N–H and O–H groups in total. The summed E-state index contributed by atoms with van der Waals surface area (Å²) in [5.41, 5.74) is 0.624. The number of nitrogens with zero attached hydrogens (tertiary/aromatic N) is 2. The van der Waals surface area contributed by atoms with E-state index in [0.717, 1.165) is 32.7 Å². The van der Waals surface area contributed by atoms with Crippen LogP contribution in [0.15, 0.2) is 41.8 Å². The van der Waals surface area contributed by atoms with E-state index in [-0.39, 0.29) is 12.4 Å². The molecule has 1 unspecified atom stereocenters. The van der Waals surface area contributed by atoms with Gasteiger partial charge in [-0.25, -0.2) is 0 Å². The normalized spacial score (nSPS) is 17.2. The molecule has 1 aliphatic rings. The van der Waals surface area contributed by atoms with Crippen LogP contribution >= 0.6 is 11.3 Å². The van der Waals surface area contributed by atoms with Gasteiger partial charge in [-0.15, -0.1) is 11.3 Å². The maximum Gasteiger partial charge on any atom is 0.159 e. The summed E-state index contributed by atoms with van der Waals surface area (Å²) in [6, 6.07) is 11.4. The lowest BCUT2D eigenvalue weighted by molar-refractivity contribution is 0.0448. The molecule has 0 radical (unpaired) electrons. The number of β-amino-alcohol motifs (C(OH)–C–C–N with tert-alkyl or cyclic N) is 1. The Morgan fingerprint density at radius 3 is 2.65 bits per heavy atom. The summed E-state index contributed by atoms with van der Waals surface area (Å²) in [5, 5.41) is 12.4. The van der Waals surface area contributed by atoms with Crippen molar-refractivity contribution in [3.8, 4) is 5.75 Å². The van der Waals surface area contributed by atoms with Crippen molar-refractivity contribution in [1.82, 2.24) is 9.80 Å². The summed E-state index contributed by atoms with van der Waals surface area (Å²) in [6.45, 7) is 7.36. The topological polar surface area (TPSA) is 53.0 Å². The highest BCUT2D eigenvalue weighted by atomic mass is 32.1. The molecule has 1 fully saturated rings. The zero-order valence-corrected chi connectivity index (χ0v) is 16.0. The van der Waals surface area contributed by atoms with Crippen LogP contribution in [0.3, 0.4) is 0 Å². The first-order valence-electron chi connectivity index (χ1n) is 8.99. The molecule has 1 aromatic carbocycles. The third kappa shape index (κ3) is 5.64. The van der Waals surface area contributed by atoms with Gasteiger partial charge >= 0.3 is 0 Å². The van der Waals surface area contributed by atoms with Crippen LogP contribution < -0.4 is 4.74 Å². The smallest absolute Gasteiger partial charge is 0.159 e. The van der Waals surface area contributed by atoms with E-state index in [9.17, 15) is 9.90 Å². The molecule has 0 amide bonds. The zero-order chi connectivity index (χ0) is 18.4. The number of ether oxygens (including phenoxy) is 1. The molecular formula is C20H26N2O3S. The summed E-state index contributed by atoms with van der Waals surface area (Å²) in [5.74, 6) is 0.633. The molecule has 140 valence electrons. The van der Waals surface area contributed by atoms with E-state index >= 15 is 0 Å². The van der Waals surface area contributed by atoms with E-state index in [4.69, 9.17) is 4.74 Å².